The highest BCUT2D eigenvalue weighted by Crippen LogP contribution is 2.47. The molecular weight excluding hydrogens is 340 g/mol. The molecule has 0 saturated heterocycles. The van der Waals surface area contributed by atoms with Gasteiger partial charge in [0.05, 0.1) is 7.11 Å². The maximum absolute atomic E-state index is 12.7. The molecule has 2 N–H and O–H groups in total. The molecular formula is C22H26N2O3. The average molecular weight is 366 g/mol. The van der Waals surface area contributed by atoms with Crippen LogP contribution in [0.3, 0.4) is 0 Å². The van der Waals surface area contributed by atoms with Crippen LogP contribution in [0.2, 0.25) is 0 Å². The maximum Gasteiger partial charge on any atom is 0.240 e. The van der Waals surface area contributed by atoms with E-state index in [1.54, 1.807) is 7.11 Å². The van der Waals surface area contributed by atoms with Crippen LogP contribution in [0.4, 0.5) is 5.69 Å². The lowest BCUT2D eigenvalue weighted by atomic mass is 10.0. The molecule has 0 radical (unpaired) electrons. The van der Waals surface area contributed by atoms with Gasteiger partial charge in [-0.05, 0) is 61.9 Å². The fourth-order valence-corrected chi connectivity index (χ4v) is 3.20. The van der Waals surface area contributed by atoms with Gasteiger partial charge in [0, 0.05) is 12.2 Å². The Labute approximate surface area is 160 Å². The third-order valence-corrected chi connectivity index (χ3v) is 5.34. The quantitative estimate of drug-likeness (QED) is 0.738. The van der Waals surface area contributed by atoms with E-state index in [1.807, 2.05) is 56.3 Å². The number of amides is 2. The van der Waals surface area contributed by atoms with Gasteiger partial charge in [0.15, 0.2) is 0 Å². The van der Waals surface area contributed by atoms with Crippen molar-refractivity contribution in [2.75, 3.05) is 19.0 Å². The Morgan fingerprint density at radius 3 is 2.48 bits per heavy atom. The number of methoxy groups -OCH3 is 1. The second-order valence-electron chi connectivity index (χ2n) is 7.10. The van der Waals surface area contributed by atoms with Crippen molar-refractivity contribution in [3.63, 3.8) is 0 Å². The summed E-state index contributed by atoms with van der Waals surface area (Å²) >= 11 is 0. The molecule has 0 unspecified atom stereocenters. The molecule has 5 heteroatoms. The highest BCUT2D eigenvalue weighted by molar-refractivity contribution is 6.13. The van der Waals surface area contributed by atoms with Crippen molar-refractivity contribution >= 4 is 17.5 Å². The molecule has 0 heterocycles. The van der Waals surface area contributed by atoms with Gasteiger partial charge in [-0.1, -0.05) is 30.3 Å². The number of ether oxygens (including phenoxy) is 1. The van der Waals surface area contributed by atoms with E-state index >= 15 is 0 Å². The van der Waals surface area contributed by atoms with Crippen LogP contribution in [0, 0.1) is 19.3 Å². The molecule has 2 aromatic rings. The number of nitrogens with one attached hydrogen (secondary N) is 2. The second kappa shape index (κ2) is 7.82. The third-order valence-electron chi connectivity index (χ3n) is 5.34. The summed E-state index contributed by atoms with van der Waals surface area (Å²) in [5.41, 5.74) is 3.01. The predicted octanol–water partition coefficient (Wildman–Crippen LogP) is 3.39. The smallest absolute Gasteiger partial charge is 0.240 e. The maximum atomic E-state index is 12.7. The van der Waals surface area contributed by atoms with Crippen molar-refractivity contribution in [1.82, 2.24) is 5.32 Å². The number of hydrogen-bond donors (Lipinski definition) is 2. The van der Waals surface area contributed by atoms with Crippen molar-refractivity contribution in [2.45, 2.75) is 33.1 Å². The number of carbonyl (C=O) groups is 2. The van der Waals surface area contributed by atoms with E-state index in [2.05, 4.69) is 10.6 Å². The molecule has 0 aliphatic heterocycles. The molecule has 0 spiro atoms. The van der Waals surface area contributed by atoms with Gasteiger partial charge in [0.25, 0.3) is 0 Å². The number of hydrogen-bond acceptors (Lipinski definition) is 3. The van der Waals surface area contributed by atoms with Gasteiger partial charge < -0.3 is 15.4 Å². The minimum absolute atomic E-state index is 0.194. The van der Waals surface area contributed by atoms with E-state index in [1.165, 1.54) is 0 Å². The van der Waals surface area contributed by atoms with Gasteiger partial charge in [-0.25, -0.2) is 0 Å². The van der Waals surface area contributed by atoms with Crippen LogP contribution in [0.5, 0.6) is 5.75 Å². The zero-order chi connectivity index (χ0) is 19.4. The van der Waals surface area contributed by atoms with Crippen LogP contribution < -0.4 is 15.4 Å². The zero-order valence-electron chi connectivity index (χ0n) is 16.1. The summed E-state index contributed by atoms with van der Waals surface area (Å²) in [5.74, 6) is 0.395. The topological polar surface area (TPSA) is 67.4 Å². The zero-order valence-corrected chi connectivity index (χ0v) is 16.1. The second-order valence-corrected chi connectivity index (χ2v) is 7.10. The van der Waals surface area contributed by atoms with Gasteiger partial charge in [0.2, 0.25) is 11.8 Å². The Kier molecular flexibility index (Phi) is 5.49. The molecule has 142 valence electrons. The van der Waals surface area contributed by atoms with Crippen LogP contribution in [-0.4, -0.2) is 25.5 Å². The van der Waals surface area contributed by atoms with Crippen molar-refractivity contribution in [3.05, 3.63) is 59.2 Å². The first-order chi connectivity index (χ1) is 13.0. The van der Waals surface area contributed by atoms with Crippen LogP contribution in [0.15, 0.2) is 42.5 Å². The fraction of sp³-hybridized carbons (Fsp3) is 0.364. The Morgan fingerprint density at radius 1 is 1.04 bits per heavy atom. The first kappa shape index (κ1) is 19.0. The average Bonchev–Trinajstić information content (AvgIpc) is 3.48. The van der Waals surface area contributed by atoms with Crippen molar-refractivity contribution in [3.8, 4) is 5.75 Å². The summed E-state index contributed by atoms with van der Waals surface area (Å²) in [6, 6.07) is 13.5. The molecule has 2 aromatic carbocycles. The Bertz CT molecular complexity index is 856. The van der Waals surface area contributed by atoms with Gasteiger partial charge in [-0.15, -0.1) is 0 Å². The number of aryl methyl sites for hydroxylation is 1. The molecule has 1 saturated carbocycles. The van der Waals surface area contributed by atoms with Gasteiger partial charge in [-0.2, -0.15) is 0 Å². The normalized spacial score (nSPS) is 14.3. The van der Waals surface area contributed by atoms with Gasteiger partial charge in [-0.3, -0.25) is 9.59 Å². The standard InChI is InChI=1S/C22H26N2O3/c1-15-7-6-9-18(16(15)2)24-21(26)22(12-13-22)20(25)23-14-11-17-8-4-5-10-19(17)27-3/h4-10H,11-14H2,1-3H3,(H,23,25)(H,24,26). The van der Waals surface area contributed by atoms with Crippen molar-refractivity contribution in [2.24, 2.45) is 5.41 Å². The first-order valence-corrected chi connectivity index (χ1v) is 9.26. The van der Waals surface area contributed by atoms with E-state index in [-0.39, 0.29) is 11.8 Å². The number of carbonyl (C=O) groups excluding carboxylic acids is 2. The Hall–Kier alpha value is -2.82. The minimum atomic E-state index is -0.934. The van der Waals surface area contributed by atoms with Crippen molar-refractivity contribution in [1.29, 1.82) is 0 Å². The van der Waals surface area contributed by atoms with Crippen LogP contribution in [-0.2, 0) is 16.0 Å². The summed E-state index contributed by atoms with van der Waals surface area (Å²) in [6.07, 6.45) is 1.83. The molecule has 5 nitrogen and oxygen atoms in total. The molecule has 1 fully saturated rings. The summed E-state index contributed by atoms with van der Waals surface area (Å²) in [5, 5.41) is 5.86. The van der Waals surface area contributed by atoms with E-state index in [0.717, 1.165) is 28.1 Å². The van der Waals surface area contributed by atoms with Crippen molar-refractivity contribution < 1.29 is 14.3 Å². The SMILES string of the molecule is COc1ccccc1CCNC(=O)C1(C(=O)Nc2cccc(C)c2C)CC1. The molecule has 0 aromatic heterocycles. The van der Waals surface area contributed by atoms with Gasteiger partial charge in [0.1, 0.15) is 11.2 Å². The summed E-state index contributed by atoms with van der Waals surface area (Å²) in [4.78, 5) is 25.4. The number of anilines is 1. The molecule has 1 aliphatic carbocycles. The molecule has 27 heavy (non-hydrogen) atoms. The Balaban J connectivity index is 1.59. The molecule has 0 atom stereocenters. The molecule has 0 bridgehead atoms. The molecule has 2 amide bonds. The lowest BCUT2D eigenvalue weighted by molar-refractivity contribution is -0.134. The van der Waals surface area contributed by atoms with Crippen LogP contribution in [0.25, 0.3) is 0 Å². The van der Waals surface area contributed by atoms with E-state index in [4.69, 9.17) is 4.74 Å². The van der Waals surface area contributed by atoms with E-state index in [0.29, 0.717) is 25.8 Å². The Morgan fingerprint density at radius 2 is 1.78 bits per heavy atom. The lowest BCUT2D eigenvalue weighted by Gasteiger charge is -2.17. The monoisotopic (exact) mass is 366 g/mol. The van der Waals surface area contributed by atoms with Crippen LogP contribution in [0.1, 0.15) is 29.5 Å². The number of rotatable bonds is 7. The predicted molar refractivity (Wildman–Crippen MR) is 106 cm³/mol. The van der Waals surface area contributed by atoms with E-state index in [9.17, 15) is 9.59 Å². The highest BCUT2D eigenvalue weighted by Gasteiger charge is 2.56. The summed E-state index contributed by atoms with van der Waals surface area (Å²) < 4.78 is 5.33. The van der Waals surface area contributed by atoms with Crippen LogP contribution >= 0.6 is 0 Å². The lowest BCUT2D eigenvalue weighted by Crippen LogP contribution is -2.40. The first-order valence-electron chi connectivity index (χ1n) is 9.26. The summed E-state index contributed by atoms with van der Waals surface area (Å²) in [6.45, 7) is 4.44. The minimum Gasteiger partial charge on any atom is -0.496 e. The summed E-state index contributed by atoms with van der Waals surface area (Å²) in [7, 11) is 1.63. The molecule has 3 rings (SSSR count). The highest BCUT2D eigenvalue weighted by atomic mass is 16.5. The van der Waals surface area contributed by atoms with E-state index < -0.39 is 5.41 Å². The molecule has 1 aliphatic rings. The fourth-order valence-electron chi connectivity index (χ4n) is 3.20. The van der Waals surface area contributed by atoms with Gasteiger partial charge >= 0.3 is 0 Å². The third kappa shape index (κ3) is 3.97. The number of para-hydroxylation sites is 1. The number of benzene rings is 2. The largest absolute Gasteiger partial charge is 0.496 e.